The summed E-state index contributed by atoms with van der Waals surface area (Å²) in [6.45, 7) is 5.34. The van der Waals surface area contributed by atoms with Crippen LogP contribution in [0.3, 0.4) is 0 Å². The Labute approximate surface area is 96.2 Å². The van der Waals surface area contributed by atoms with Crippen LogP contribution in [0.4, 0.5) is 0 Å². The quantitative estimate of drug-likeness (QED) is 0.743. The van der Waals surface area contributed by atoms with Gasteiger partial charge in [0.1, 0.15) is 0 Å². The Bertz CT molecular complexity index is 200. The highest BCUT2D eigenvalue weighted by atomic mass is 32.2. The molecule has 0 spiro atoms. The lowest BCUT2D eigenvalue weighted by atomic mass is 10.1. The summed E-state index contributed by atoms with van der Waals surface area (Å²) in [6.07, 6.45) is 6.80. The maximum Gasteiger partial charge on any atom is 0.0817 e. The molecule has 80 valence electrons. The number of hydrogen-bond donors (Lipinski definition) is 1. The van der Waals surface area contributed by atoms with E-state index in [1.165, 1.54) is 17.9 Å². The lowest BCUT2D eigenvalue weighted by Gasteiger charge is -2.33. The second-order valence-corrected chi connectivity index (χ2v) is 5.99. The van der Waals surface area contributed by atoms with Crippen molar-refractivity contribution in [1.82, 2.24) is 5.32 Å². The molecule has 3 atom stereocenters. The molecule has 0 aromatic carbocycles. The predicted molar refractivity (Wildman–Crippen MR) is 69.1 cm³/mol. The number of hydrogen-bond acceptors (Lipinski definition) is 3. The SMILES string of the molecule is C#CC(NCC)C1SCCSC1CC. The molecule has 1 fully saturated rings. The Morgan fingerprint density at radius 2 is 2.14 bits per heavy atom. The van der Waals surface area contributed by atoms with Crippen molar-refractivity contribution in [2.75, 3.05) is 18.1 Å². The van der Waals surface area contributed by atoms with Crippen LogP contribution in [0.25, 0.3) is 0 Å². The molecule has 0 aromatic rings. The Kier molecular flexibility index (Phi) is 5.84. The summed E-state index contributed by atoms with van der Waals surface area (Å²) in [5, 5.41) is 4.73. The van der Waals surface area contributed by atoms with Crippen LogP contribution in [0.2, 0.25) is 0 Å². The highest BCUT2D eigenvalue weighted by Crippen LogP contribution is 2.34. The van der Waals surface area contributed by atoms with Gasteiger partial charge in [-0.25, -0.2) is 0 Å². The standard InChI is InChI=1S/C11H19NS2/c1-4-9(12-6-3)11-10(5-2)13-7-8-14-11/h1,9-12H,5-8H2,2-3H3. The van der Waals surface area contributed by atoms with Crippen molar-refractivity contribution < 1.29 is 0 Å². The molecular formula is C11H19NS2. The van der Waals surface area contributed by atoms with Crippen molar-refractivity contribution in [2.45, 2.75) is 36.8 Å². The van der Waals surface area contributed by atoms with Crippen LogP contribution >= 0.6 is 23.5 Å². The molecule has 14 heavy (non-hydrogen) atoms. The third kappa shape index (κ3) is 3.12. The maximum absolute atomic E-state index is 5.57. The van der Waals surface area contributed by atoms with Crippen LogP contribution in [0, 0.1) is 12.3 Å². The minimum atomic E-state index is 0.253. The molecule has 1 aliphatic heterocycles. The van der Waals surface area contributed by atoms with Gasteiger partial charge in [-0.3, -0.25) is 0 Å². The van der Waals surface area contributed by atoms with Gasteiger partial charge in [0.05, 0.1) is 6.04 Å². The van der Waals surface area contributed by atoms with Gasteiger partial charge in [0, 0.05) is 22.0 Å². The summed E-state index contributed by atoms with van der Waals surface area (Å²) in [5.41, 5.74) is 0. The van der Waals surface area contributed by atoms with Crippen LogP contribution < -0.4 is 5.32 Å². The molecule has 1 aliphatic rings. The third-order valence-corrected chi connectivity index (χ3v) is 5.78. The average molecular weight is 229 g/mol. The van der Waals surface area contributed by atoms with Crippen LogP contribution in [0.5, 0.6) is 0 Å². The summed E-state index contributed by atoms with van der Waals surface area (Å²) in [7, 11) is 0. The Morgan fingerprint density at radius 1 is 1.43 bits per heavy atom. The predicted octanol–water partition coefficient (Wildman–Crippen LogP) is 2.22. The normalized spacial score (nSPS) is 29.5. The van der Waals surface area contributed by atoms with Crippen LogP contribution in [-0.2, 0) is 0 Å². The van der Waals surface area contributed by atoms with Gasteiger partial charge in [-0.1, -0.05) is 19.8 Å². The molecule has 0 aromatic heterocycles. The molecule has 1 N–H and O–H groups in total. The molecular weight excluding hydrogens is 210 g/mol. The van der Waals surface area contributed by atoms with Gasteiger partial charge < -0.3 is 5.32 Å². The zero-order valence-corrected chi connectivity index (χ0v) is 10.6. The number of rotatable bonds is 4. The number of nitrogens with one attached hydrogen (secondary N) is 1. The first-order chi connectivity index (χ1) is 6.83. The van der Waals surface area contributed by atoms with Gasteiger partial charge in [0.2, 0.25) is 0 Å². The van der Waals surface area contributed by atoms with Crippen molar-refractivity contribution in [1.29, 1.82) is 0 Å². The summed E-state index contributed by atoms with van der Waals surface area (Å²) >= 11 is 4.13. The molecule has 1 rings (SSSR count). The summed E-state index contributed by atoms with van der Waals surface area (Å²) in [6, 6.07) is 0.253. The second kappa shape index (κ2) is 6.66. The van der Waals surface area contributed by atoms with Crippen LogP contribution in [0.1, 0.15) is 20.3 Å². The fourth-order valence-electron chi connectivity index (χ4n) is 1.74. The van der Waals surface area contributed by atoms with E-state index in [1.807, 2.05) is 11.8 Å². The van der Waals surface area contributed by atoms with Crippen LogP contribution in [0.15, 0.2) is 0 Å². The van der Waals surface area contributed by atoms with E-state index in [0.717, 1.165) is 11.8 Å². The van der Waals surface area contributed by atoms with Gasteiger partial charge in [0.25, 0.3) is 0 Å². The minimum Gasteiger partial charge on any atom is -0.303 e. The second-order valence-electron chi connectivity index (χ2n) is 3.35. The largest absolute Gasteiger partial charge is 0.303 e. The first-order valence-electron chi connectivity index (χ1n) is 5.26. The molecule has 1 saturated heterocycles. The average Bonchev–Trinajstić information content (AvgIpc) is 2.26. The molecule has 0 radical (unpaired) electrons. The lowest BCUT2D eigenvalue weighted by molar-refractivity contribution is 0.580. The van der Waals surface area contributed by atoms with Crippen molar-refractivity contribution in [2.24, 2.45) is 0 Å². The fraction of sp³-hybridized carbons (Fsp3) is 0.818. The molecule has 0 aliphatic carbocycles. The van der Waals surface area contributed by atoms with Gasteiger partial charge in [0.15, 0.2) is 0 Å². The molecule has 3 heteroatoms. The molecule has 1 nitrogen and oxygen atoms in total. The Hall–Kier alpha value is 0.220. The van der Waals surface area contributed by atoms with Gasteiger partial charge in [-0.05, 0) is 13.0 Å². The summed E-state index contributed by atoms with van der Waals surface area (Å²) in [4.78, 5) is 0. The van der Waals surface area contributed by atoms with E-state index in [2.05, 4.69) is 36.8 Å². The zero-order valence-electron chi connectivity index (χ0n) is 8.95. The Morgan fingerprint density at radius 3 is 2.71 bits per heavy atom. The van der Waals surface area contributed by atoms with Gasteiger partial charge >= 0.3 is 0 Å². The van der Waals surface area contributed by atoms with Crippen molar-refractivity contribution >= 4 is 23.5 Å². The van der Waals surface area contributed by atoms with Crippen molar-refractivity contribution in [3.63, 3.8) is 0 Å². The fourth-order valence-corrected chi connectivity index (χ4v) is 4.91. The van der Waals surface area contributed by atoms with Crippen molar-refractivity contribution in [3.05, 3.63) is 0 Å². The highest BCUT2D eigenvalue weighted by molar-refractivity contribution is 8.07. The van der Waals surface area contributed by atoms with E-state index < -0.39 is 0 Å². The van der Waals surface area contributed by atoms with Gasteiger partial charge in [-0.2, -0.15) is 23.5 Å². The number of thioether (sulfide) groups is 2. The van der Waals surface area contributed by atoms with E-state index in [0.29, 0.717) is 5.25 Å². The maximum atomic E-state index is 5.57. The van der Waals surface area contributed by atoms with Crippen LogP contribution in [-0.4, -0.2) is 34.6 Å². The smallest absolute Gasteiger partial charge is 0.0817 e. The molecule has 1 heterocycles. The van der Waals surface area contributed by atoms with E-state index in [1.54, 1.807) is 0 Å². The first kappa shape index (κ1) is 12.3. The zero-order chi connectivity index (χ0) is 10.4. The first-order valence-corrected chi connectivity index (χ1v) is 7.35. The summed E-state index contributed by atoms with van der Waals surface area (Å²) < 4.78 is 0. The molecule has 0 amide bonds. The van der Waals surface area contributed by atoms with Crippen molar-refractivity contribution in [3.8, 4) is 12.3 Å². The lowest BCUT2D eigenvalue weighted by Crippen LogP contribution is -2.44. The van der Waals surface area contributed by atoms with E-state index in [-0.39, 0.29) is 6.04 Å². The Balaban J connectivity index is 2.56. The van der Waals surface area contributed by atoms with E-state index in [4.69, 9.17) is 6.42 Å². The van der Waals surface area contributed by atoms with E-state index in [9.17, 15) is 0 Å². The monoisotopic (exact) mass is 229 g/mol. The molecule has 0 saturated carbocycles. The minimum absolute atomic E-state index is 0.253. The highest BCUT2D eigenvalue weighted by Gasteiger charge is 2.30. The summed E-state index contributed by atoms with van der Waals surface area (Å²) in [5.74, 6) is 5.42. The van der Waals surface area contributed by atoms with Gasteiger partial charge in [-0.15, -0.1) is 6.42 Å². The molecule has 3 unspecified atom stereocenters. The van der Waals surface area contributed by atoms with E-state index >= 15 is 0 Å². The number of terminal acetylenes is 1. The third-order valence-electron chi connectivity index (χ3n) is 2.43. The molecule has 0 bridgehead atoms. The topological polar surface area (TPSA) is 12.0 Å².